The molecule has 0 aliphatic heterocycles. The van der Waals surface area contributed by atoms with Crippen LogP contribution in [0.1, 0.15) is 11.1 Å². The lowest BCUT2D eigenvalue weighted by Crippen LogP contribution is -2.17. The summed E-state index contributed by atoms with van der Waals surface area (Å²) in [5, 5.41) is 14.7. The van der Waals surface area contributed by atoms with E-state index in [-0.39, 0.29) is 10.9 Å². The van der Waals surface area contributed by atoms with Gasteiger partial charge in [-0.05, 0) is 17.7 Å². The lowest BCUT2D eigenvalue weighted by atomic mass is 10.1. The van der Waals surface area contributed by atoms with Crippen molar-refractivity contribution in [2.75, 3.05) is 5.32 Å². The van der Waals surface area contributed by atoms with Crippen molar-refractivity contribution in [2.24, 2.45) is 10.9 Å². The Morgan fingerprint density at radius 1 is 1.25 bits per heavy atom. The van der Waals surface area contributed by atoms with Crippen LogP contribution in [-0.4, -0.2) is 11.0 Å². The Bertz CT molecular complexity index is 646. The van der Waals surface area contributed by atoms with E-state index in [2.05, 4.69) is 10.5 Å². The number of oxime groups is 1. The molecule has 0 atom stereocenters. The third-order valence-electron chi connectivity index (χ3n) is 2.82. The minimum Gasteiger partial charge on any atom is -0.409 e. The van der Waals surface area contributed by atoms with Gasteiger partial charge in [0, 0.05) is 12.1 Å². The normalized spacial score (nSPS) is 11.4. The molecule has 4 N–H and O–H groups in total. The van der Waals surface area contributed by atoms with Crippen molar-refractivity contribution in [3.63, 3.8) is 0 Å². The lowest BCUT2D eigenvalue weighted by molar-refractivity contribution is 0.318. The number of benzene rings is 2. The second-order valence-corrected chi connectivity index (χ2v) is 4.50. The molecule has 0 saturated heterocycles. The number of rotatable bonds is 4. The molecule has 2 aromatic rings. The molecule has 2 aromatic carbocycles. The first-order valence-electron chi connectivity index (χ1n) is 5.87. The molecule has 0 bridgehead atoms. The number of nitrogens with one attached hydrogen (secondary N) is 1. The van der Waals surface area contributed by atoms with Crippen molar-refractivity contribution in [3.8, 4) is 0 Å². The van der Waals surface area contributed by atoms with Crippen LogP contribution in [0.25, 0.3) is 0 Å². The fourth-order valence-electron chi connectivity index (χ4n) is 1.81. The molecule has 0 aliphatic rings. The maximum atomic E-state index is 13.7. The van der Waals surface area contributed by atoms with Crippen LogP contribution in [0.5, 0.6) is 0 Å². The van der Waals surface area contributed by atoms with Crippen LogP contribution >= 0.6 is 11.6 Å². The zero-order valence-electron chi connectivity index (χ0n) is 10.5. The zero-order chi connectivity index (χ0) is 14.5. The van der Waals surface area contributed by atoms with Crippen LogP contribution in [0, 0.1) is 5.82 Å². The molecule has 0 radical (unpaired) electrons. The first kappa shape index (κ1) is 14.1. The van der Waals surface area contributed by atoms with Gasteiger partial charge in [0.25, 0.3) is 0 Å². The van der Waals surface area contributed by atoms with Crippen molar-refractivity contribution < 1.29 is 9.60 Å². The highest BCUT2D eigenvalue weighted by Gasteiger charge is 2.09. The molecule has 2 rings (SSSR count). The average molecular weight is 294 g/mol. The molecule has 104 valence electrons. The van der Waals surface area contributed by atoms with Gasteiger partial charge in [0.2, 0.25) is 0 Å². The van der Waals surface area contributed by atoms with Gasteiger partial charge in [-0.1, -0.05) is 47.1 Å². The Morgan fingerprint density at radius 3 is 2.75 bits per heavy atom. The molecule has 0 spiro atoms. The number of hydrogen-bond donors (Lipinski definition) is 3. The van der Waals surface area contributed by atoms with E-state index in [0.29, 0.717) is 17.8 Å². The zero-order valence-corrected chi connectivity index (χ0v) is 11.2. The summed E-state index contributed by atoms with van der Waals surface area (Å²) in [5.74, 6) is -0.496. The van der Waals surface area contributed by atoms with Gasteiger partial charge >= 0.3 is 0 Å². The molecule has 6 heteroatoms. The maximum Gasteiger partial charge on any atom is 0.170 e. The van der Waals surface area contributed by atoms with Gasteiger partial charge in [0.05, 0.1) is 10.7 Å². The number of anilines is 1. The van der Waals surface area contributed by atoms with E-state index in [1.807, 2.05) is 12.1 Å². The summed E-state index contributed by atoms with van der Waals surface area (Å²) in [6.07, 6.45) is 0. The van der Waals surface area contributed by atoms with Gasteiger partial charge in [-0.25, -0.2) is 4.39 Å². The standard InChI is InChI=1S/C14H13ClFN3O/c15-11-6-3-7-12(13(11)16)18-8-9-4-1-2-5-10(9)14(17)19-20/h1-7,18,20H,8H2,(H2,17,19). The van der Waals surface area contributed by atoms with E-state index in [9.17, 15) is 4.39 Å². The highest BCUT2D eigenvalue weighted by molar-refractivity contribution is 6.31. The summed E-state index contributed by atoms with van der Waals surface area (Å²) < 4.78 is 13.7. The van der Waals surface area contributed by atoms with Gasteiger partial charge < -0.3 is 16.3 Å². The highest BCUT2D eigenvalue weighted by atomic mass is 35.5. The number of hydrogen-bond acceptors (Lipinski definition) is 3. The van der Waals surface area contributed by atoms with Crippen molar-refractivity contribution >= 4 is 23.1 Å². The molecule has 20 heavy (non-hydrogen) atoms. The molecule has 0 amide bonds. The molecule has 0 unspecified atom stereocenters. The predicted molar refractivity (Wildman–Crippen MR) is 77.7 cm³/mol. The lowest BCUT2D eigenvalue weighted by Gasteiger charge is -2.11. The third-order valence-corrected chi connectivity index (χ3v) is 3.11. The maximum absolute atomic E-state index is 13.7. The van der Waals surface area contributed by atoms with Gasteiger partial charge in [0.15, 0.2) is 11.7 Å². The molecule has 0 saturated carbocycles. The number of amidine groups is 1. The first-order valence-corrected chi connectivity index (χ1v) is 6.25. The molecule has 0 aliphatic carbocycles. The summed E-state index contributed by atoms with van der Waals surface area (Å²) >= 11 is 5.71. The van der Waals surface area contributed by atoms with Gasteiger partial charge in [-0.3, -0.25) is 0 Å². The number of nitrogens with two attached hydrogens (primary N) is 1. The van der Waals surface area contributed by atoms with Gasteiger partial charge in [0.1, 0.15) is 0 Å². The van der Waals surface area contributed by atoms with E-state index >= 15 is 0 Å². The van der Waals surface area contributed by atoms with Crippen LogP contribution in [0.3, 0.4) is 0 Å². The Labute approximate surface area is 120 Å². The Hall–Kier alpha value is -2.27. The highest BCUT2D eigenvalue weighted by Crippen LogP contribution is 2.22. The Kier molecular flexibility index (Phi) is 4.42. The Morgan fingerprint density at radius 2 is 2.00 bits per heavy atom. The molecular formula is C14H13ClFN3O. The molecule has 0 heterocycles. The Balaban J connectivity index is 2.21. The smallest absolute Gasteiger partial charge is 0.170 e. The van der Waals surface area contributed by atoms with E-state index in [0.717, 1.165) is 5.56 Å². The molecule has 0 aromatic heterocycles. The van der Waals surface area contributed by atoms with Crippen LogP contribution in [0.2, 0.25) is 5.02 Å². The van der Waals surface area contributed by atoms with Crippen molar-refractivity contribution in [3.05, 3.63) is 64.4 Å². The molecule has 0 fully saturated rings. The summed E-state index contributed by atoms with van der Waals surface area (Å²) in [5.41, 5.74) is 7.26. The van der Waals surface area contributed by atoms with Crippen molar-refractivity contribution in [2.45, 2.75) is 6.54 Å². The van der Waals surface area contributed by atoms with Crippen LogP contribution in [-0.2, 0) is 6.54 Å². The monoisotopic (exact) mass is 293 g/mol. The van der Waals surface area contributed by atoms with Crippen LogP contribution < -0.4 is 11.1 Å². The SMILES string of the molecule is NC(=NO)c1ccccc1CNc1cccc(Cl)c1F. The summed E-state index contributed by atoms with van der Waals surface area (Å²) in [6, 6.07) is 11.8. The first-order chi connectivity index (χ1) is 9.63. The van der Waals surface area contributed by atoms with E-state index in [1.54, 1.807) is 24.3 Å². The second-order valence-electron chi connectivity index (χ2n) is 4.10. The van der Waals surface area contributed by atoms with Crippen LogP contribution in [0.4, 0.5) is 10.1 Å². The topological polar surface area (TPSA) is 70.6 Å². The van der Waals surface area contributed by atoms with E-state index in [4.69, 9.17) is 22.5 Å². The fraction of sp³-hybridized carbons (Fsp3) is 0.0714. The second kappa shape index (κ2) is 6.25. The predicted octanol–water partition coefficient (Wildman–Crippen LogP) is 3.19. The van der Waals surface area contributed by atoms with E-state index in [1.165, 1.54) is 6.07 Å². The number of halogens is 2. The summed E-state index contributed by atoms with van der Waals surface area (Å²) in [7, 11) is 0. The summed E-state index contributed by atoms with van der Waals surface area (Å²) in [6.45, 7) is 0.323. The average Bonchev–Trinajstić information content (AvgIpc) is 2.48. The van der Waals surface area contributed by atoms with Crippen LogP contribution in [0.15, 0.2) is 47.6 Å². The van der Waals surface area contributed by atoms with Gasteiger partial charge in [-0.2, -0.15) is 0 Å². The van der Waals surface area contributed by atoms with Crippen molar-refractivity contribution in [1.29, 1.82) is 0 Å². The fourth-order valence-corrected chi connectivity index (χ4v) is 1.98. The number of nitrogens with zero attached hydrogens (tertiary/aromatic N) is 1. The largest absolute Gasteiger partial charge is 0.409 e. The third kappa shape index (κ3) is 3.00. The van der Waals surface area contributed by atoms with Gasteiger partial charge in [-0.15, -0.1) is 0 Å². The molecular weight excluding hydrogens is 281 g/mol. The quantitative estimate of drug-likeness (QED) is 0.351. The van der Waals surface area contributed by atoms with Crippen molar-refractivity contribution in [1.82, 2.24) is 0 Å². The summed E-state index contributed by atoms with van der Waals surface area (Å²) in [4.78, 5) is 0. The minimum absolute atomic E-state index is 0.00830. The minimum atomic E-state index is -0.504. The van der Waals surface area contributed by atoms with E-state index < -0.39 is 5.82 Å². The molecule has 4 nitrogen and oxygen atoms in total.